The second kappa shape index (κ2) is 5.72. The SMILES string of the molecule is Cc1cc(-c2ccc(C(=O)OC(C)(C)C)cc2N)ccc1O. The maximum Gasteiger partial charge on any atom is 0.338 e. The van der Waals surface area contributed by atoms with Crippen molar-refractivity contribution in [2.45, 2.75) is 33.3 Å². The number of phenolic OH excluding ortho intramolecular Hbond substituents is 1. The lowest BCUT2D eigenvalue weighted by Crippen LogP contribution is -2.23. The Labute approximate surface area is 130 Å². The largest absolute Gasteiger partial charge is 0.508 e. The third-order valence-electron chi connectivity index (χ3n) is 3.19. The molecule has 0 saturated carbocycles. The van der Waals surface area contributed by atoms with Crippen LogP contribution in [0.3, 0.4) is 0 Å². The molecule has 0 radical (unpaired) electrons. The van der Waals surface area contributed by atoms with E-state index in [0.717, 1.165) is 16.7 Å². The van der Waals surface area contributed by atoms with Crippen molar-refractivity contribution in [1.29, 1.82) is 0 Å². The maximum absolute atomic E-state index is 12.0. The van der Waals surface area contributed by atoms with E-state index in [9.17, 15) is 9.90 Å². The quantitative estimate of drug-likeness (QED) is 0.651. The number of hydrogen-bond acceptors (Lipinski definition) is 4. The number of phenols is 1. The molecule has 0 bridgehead atoms. The van der Waals surface area contributed by atoms with Gasteiger partial charge in [0.2, 0.25) is 0 Å². The van der Waals surface area contributed by atoms with Gasteiger partial charge in [-0.3, -0.25) is 0 Å². The highest BCUT2D eigenvalue weighted by atomic mass is 16.6. The first-order valence-electron chi connectivity index (χ1n) is 7.10. The summed E-state index contributed by atoms with van der Waals surface area (Å²) in [4.78, 5) is 12.0. The molecule has 0 aliphatic carbocycles. The highest BCUT2D eigenvalue weighted by molar-refractivity contribution is 5.93. The molecule has 0 aromatic heterocycles. The molecule has 22 heavy (non-hydrogen) atoms. The number of anilines is 1. The number of ether oxygens (including phenoxy) is 1. The van der Waals surface area contributed by atoms with Gasteiger partial charge in [-0.25, -0.2) is 4.79 Å². The zero-order valence-corrected chi connectivity index (χ0v) is 13.3. The Morgan fingerprint density at radius 2 is 1.82 bits per heavy atom. The molecule has 0 spiro atoms. The number of carbonyl (C=O) groups excluding carboxylic acids is 1. The third kappa shape index (κ3) is 3.58. The molecule has 2 rings (SSSR count). The molecule has 4 heteroatoms. The van der Waals surface area contributed by atoms with E-state index in [1.807, 2.05) is 33.8 Å². The van der Waals surface area contributed by atoms with Gasteiger partial charge in [-0.2, -0.15) is 0 Å². The Bertz CT molecular complexity index is 715. The molecular formula is C18H21NO3. The minimum Gasteiger partial charge on any atom is -0.508 e. The molecule has 0 atom stereocenters. The Morgan fingerprint density at radius 1 is 1.14 bits per heavy atom. The van der Waals surface area contributed by atoms with Gasteiger partial charge in [-0.1, -0.05) is 12.1 Å². The smallest absolute Gasteiger partial charge is 0.338 e. The lowest BCUT2D eigenvalue weighted by atomic mass is 9.99. The van der Waals surface area contributed by atoms with E-state index >= 15 is 0 Å². The maximum atomic E-state index is 12.0. The van der Waals surface area contributed by atoms with Crippen molar-refractivity contribution in [3.8, 4) is 16.9 Å². The van der Waals surface area contributed by atoms with E-state index < -0.39 is 11.6 Å². The average molecular weight is 299 g/mol. The molecule has 3 N–H and O–H groups in total. The molecule has 0 amide bonds. The molecule has 0 heterocycles. The first-order valence-corrected chi connectivity index (χ1v) is 7.10. The molecule has 2 aromatic rings. The number of esters is 1. The van der Waals surface area contributed by atoms with Crippen LogP contribution in [0, 0.1) is 6.92 Å². The van der Waals surface area contributed by atoms with E-state index in [0.29, 0.717) is 11.3 Å². The summed E-state index contributed by atoms with van der Waals surface area (Å²) >= 11 is 0. The van der Waals surface area contributed by atoms with E-state index in [4.69, 9.17) is 10.5 Å². The van der Waals surface area contributed by atoms with Crippen LogP contribution < -0.4 is 5.73 Å². The monoisotopic (exact) mass is 299 g/mol. The molecule has 116 valence electrons. The van der Waals surface area contributed by atoms with Gasteiger partial charge in [-0.05, 0) is 63.1 Å². The van der Waals surface area contributed by atoms with Crippen molar-refractivity contribution in [2.24, 2.45) is 0 Å². The average Bonchev–Trinajstić information content (AvgIpc) is 2.40. The second-order valence-electron chi connectivity index (χ2n) is 6.31. The number of carbonyl (C=O) groups is 1. The number of nitrogens with two attached hydrogens (primary N) is 1. The Kier molecular flexibility index (Phi) is 4.13. The van der Waals surface area contributed by atoms with Crippen LogP contribution in [-0.2, 0) is 4.74 Å². The summed E-state index contributed by atoms with van der Waals surface area (Å²) in [6, 6.07) is 10.4. The van der Waals surface area contributed by atoms with Crippen molar-refractivity contribution in [3.63, 3.8) is 0 Å². The minimum atomic E-state index is -0.543. The summed E-state index contributed by atoms with van der Waals surface area (Å²) in [5.74, 6) is -0.152. The van der Waals surface area contributed by atoms with Crippen LogP contribution >= 0.6 is 0 Å². The first kappa shape index (κ1) is 15.9. The zero-order chi connectivity index (χ0) is 16.5. The number of nitrogen functional groups attached to an aromatic ring is 1. The van der Waals surface area contributed by atoms with E-state index in [1.165, 1.54) is 0 Å². The number of benzene rings is 2. The molecule has 0 aliphatic heterocycles. The minimum absolute atomic E-state index is 0.243. The van der Waals surface area contributed by atoms with Gasteiger partial charge < -0.3 is 15.6 Å². The summed E-state index contributed by atoms with van der Waals surface area (Å²) in [7, 11) is 0. The van der Waals surface area contributed by atoms with Crippen LogP contribution in [0.25, 0.3) is 11.1 Å². The molecule has 4 nitrogen and oxygen atoms in total. The first-order chi connectivity index (χ1) is 10.2. The Morgan fingerprint density at radius 3 is 2.36 bits per heavy atom. The zero-order valence-electron chi connectivity index (χ0n) is 13.3. The van der Waals surface area contributed by atoms with Crippen LogP contribution in [0.15, 0.2) is 36.4 Å². The summed E-state index contributed by atoms with van der Waals surface area (Å²) in [6.45, 7) is 7.29. The summed E-state index contributed by atoms with van der Waals surface area (Å²) in [5, 5.41) is 9.59. The highest BCUT2D eigenvalue weighted by Gasteiger charge is 2.18. The number of aromatic hydroxyl groups is 1. The van der Waals surface area contributed by atoms with Crippen molar-refractivity contribution in [2.75, 3.05) is 5.73 Å². The van der Waals surface area contributed by atoms with Gasteiger partial charge in [0.05, 0.1) is 5.56 Å². The standard InChI is InChI=1S/C18H21NO3/c1-11-9-12(6-8-16(11)20)14-7-5-13(10-15(14)19)17(21)22-18(2,3)4/h5-10,20H,19H2,1-4H3. The van der Waals surface area contributed by atoms with Gasteiger partial charge in [0, 0.05) is 11.3 Å². The van der Waals surface area contributed by atoms with Gasteiger partial charge in [-0.15, -0.1) is 0 Å². The van der Waals surface area contributed by atoms with Crippen LogP contribution in [0.2, 0.25) is 0 Å². The fourth-order valence-electron chi connectivity index (χ4n) is 2.11. The third-order valence-corrected chi connectivity index (χ3v) is 3.19. The summed E-state index contributed by atoms with van der Waals surface area (Å²) in [5.41, 5.74) is 8.93. The fourth-order valence-corrected chi connectivity index (χ4v) is 2.11. The molecule has 0 unspecified atom stereocenters. The molecule has 0 fully saturated rings. The van der Waals surface area contributed by atoms with Crippen LogP contribution in [0.4, 0.5) is 5.69 Å². The number of aryl methyl sites for hydroxylation is 1. The normalized spacial score (nSPS) is 11.3. The predicted molar refractivity (Wildman–Crippen MR) is 87.9 cm³/mol. The van der Waals surface area contributed by atoms with Crippen molar-refractivity contribution >= 4 is 11.7 Å². The highest BCUT2D eigenvalue weighted by Crippen LogP contribution is 2.30. The summed E-state index contributed by atoms with van der Waals surface area (Å²) in [6.07, 6.45) is 0. The van der Waals surface area contributed by atoms with Gasteiger partial charge in [0.1, 0.15) is 11.4 Å². The van der Waals surface area contributed by atoms with Crippen molar-refractivity contribution < 1.29 is 14.6 Å². The van der Waals surface area contributed by atoms with E-state index in [2.05, 4.69) is 0 Å². The van der Waals surface area contributed by atoms with Gasteiger partial charge in [0.15, 0.2) is 0 Å². The van der Waals surface area contributed by atoms with Crippen LogP contribution in [0.1, 0.15) is 36.7 Å². The molecular weight excluding hydrogens is 278 g/mol. The van der Waals surface area contributed by atoms with Crippen molar-refractivity contribution in [3.05, 3.63) is 47.5 Å². The van der Waals surface area contributed by atoms with Crippen molar-refractivity contribution in [1.82, 2.24) is 0 Å². The second-order valence-corrected chi connectivity index (χ2v) is 6.31. The van der Waals surface area contributed by atoms with Gasteiger partial charge >= 0.3 is 5.97 Å². The Balaban J connectivity index is 2.34. The number of hydrogen-bond donors (Lipinski definition) is 2. The predicted octanol–water partition coefficient (Wildman–Crippen LogP) is 3.91. The lowest BCUT2D eigenvalue weighted by molar-refractivity contribution is 0.00696. The summed E-state index contributed by atoms with van der Waals surface area (Å²) < 4.78 is 5.33. The molecule has 2 aromatic carbocycles. The lowest BCUT2D eigenvalue weighted by Gasteiger charge is -2.19. The van der Waals surface area contributed by atoms with Crippen LogP contribution in [0.5, 0.6) is 5.75 Å². The van der Waals surface area contributed by atoms with E-state index in [1.54, 1.807) is 30.3 Å². The molecule has 0 aliphatic rings. The number of rotatable bonds is 2. The topological polar surface area (TPSA) is 72.5 Å². The van der Waals surface area contributed by atoms with Crippen LogP contribution in [-0.4, -0.2) is 16.7 Å². The molecule has 0 saturated heterocycles. The van der Waals surface area contributed by atoms with Gasteiger partial charge in [0.25, 0.3) is 0 Å². The Hall–Kier alpha value is -2.49. The van der Waals surface area contributed by atoms with E-state index in [-0.39, 0.29) is 5.75 Å². The fraction of sp³-hybridized carbons (Fsp3) is 0.278.